The summed E-state index contributed by atoms with van der Waals surface area (Å²) in [6.45, 7) is 2.32. The highest BCUT2D eigenvalue weighted by Crippen LogP contribution is 2.53. The number of fused-ring (bicyclic) bond motifs is 1. The van der Waals surface area contributed by atoms with Crippen molar-refractivity contribution in [3.05, 3.63) is 106 Å². The number of thiazole rings is 1. The van der Waals surface area contributed by atoms with Gasteiger partial charge in [-0.3, -0.25) is 9.20 Å². The normalized spacial score (nSPS) is 11.3. The van der Waals surface area contributed by atoms with Gasteiger partial charge in [0.05, 0.1) is 13.8 Å². The van der Waals surface area contributed by atoms with Crippen LogP contribution in [0.1, 0.15) is 0 Å². The monoisotopic (exact) mass is 570 g/mol. The molecule has 5 rings (SSSR count). The third kappa shape index (κ3) is 4.09. The van der Waals surface area contributed by atoms with Gasteiger partial charge in [0.2, 0.25) is 5.75 Å². The van der Waals surface area contributed by atoms with Crippen LogP contribution < -0.4 is 43.2 Å². The van der Waals surface area contributed by atoms with E-state index in [2.05, 4.69) is 61.3 Å². The molecule has 0 aliphatic carbocycles. The van der Waals surface area contributed by atoms with Crippen molar-refractivity contribution in [3.8, 4) is 17.0 Å². The predicted octanol–water partition coefficient (Wildman–Crippen LogP) is 2.01. The van der Waals surface area contributed by atoms with Gasteiger partial charge in [-0.2, -0.15) is 0 Å². The summed E-state index contributed by atoms with van der Waals surface area (Å²) >= 11 is 7.47. The summed E-state index contributed by atoms with van der Waals surface area (Å²) < 4.78 is 7.55. The second-order valence-electron chi connectivity index (χ2n) is 7.68. The molecular formula is C26H21BrClN2O2PS. The second-order valence-corrected chi connectivity index (χ2v) is 12.8. The Morgan fingerprint density at radius 1 is 0.912 bits per heavy atom. The average molecular weight is 572 g/mol. The number of hydrogen-bond acceptors (Lipinski definition) is 4. The molecule has 0 bridgehead atoms. The van der Waals surface area contributed by atoms with Gasteiger partial charge in [-0.1, -0.05) is 71.5 Å². The van der Waals surface area contributed by atoms with Crippen LogP contribution in [0.15, 0.2) is 95.9 Å². The van der Waals surface area contributed by atoms with Crippen molar-refractivity contribution in [2.24, 2.45) is 0 Å². The molecule has 0 saturated heterocycles. The summed E-state index contributed by atoms with van der Waals surface area (Å²) in [5.41, 5.74) is 1.16. The van der Waals surface area contributed by atoms with Crippen LogP contribution in [0.5, 0.6) is 5.75 Å². The van der Waals surface area contributed by atoms with E-state index in [1.54, 1.807) is 6.20 Å². The van der Waals surface area contributed by atoms with Gasteiger partial charge in [-0.05, 0) is 36.4 Å². The molecule has 172 valence electrons. The summed E-state index contributed by atoms with van der Waals surface area (Å²) in [5.74, 6) is 0.210. The zero-order chi connectivity index (χ0) is 23.0. The zero-order valence-corrected chi connectivity index (χ0v) is 22.5. The molecule has 0 radical (unpaired) electrons. The van der Waals surface area contributed by atoms with Gasteiger partial charge in [0.1, 0.15) is 33.2 Å². The minimum Gasteiger partial charge on any atom is -1.00 e. The Morgan fingerprint density at radius 3 is 2.06 bits per heavy atom. The summed E-state index contributed by atoms with van der Waals surface area (Å²) in [4.78, 5) is 18.6. The number of hydrogen-bond donors (Lipinski definition) is 0. The highest BCUT2D eigenvalue weighted by atomic mass is 79.9. The molecule has 8 heteroatoms. The molecule has 0 unspecified atom stereocenters. The van der Waals surface area contributed by atoms with Crippen molar-refractivity contribution < 1.29 is 21.7 Å². The molecule has 0 saturated carbocycles. The molecule has 0 fully saturated rings. The van der Waals surface area contributed by atoms with Gasteiger partial charge in [-0.15, -0.1) is 0 Å². The summed E-state index contributed by atoms with van der Waals surface area (Å²) in [6.07, 6.45) is 1.58. The first-order chi connectivity index (χ1) is 16.0. The van der Waals surface area contributed by atoms with Crippen molar-refractivity contribution in [2.45, 2.75) is 0 Å². The average Bonchev–Trinajstić information content (AvgIpc) is 3.25. The lowest BCUT2D eigenvalue weighted by molar-refractivity contribution is -0.00000665. The first-order valence-corrected chi connectivity index (χ1v) is 13.8. The van der Waals surface area contributed by atoms with Gasteiger partial charge < -0.3 is 21.7 Å². The Morgan fingerprint density at radius 2 is 1.47 bits per heavy atom. The fraction of sp³-hybridized carbons (Fsp3) is 0.0769. The maximum absolute atomic E-state index is 13.2. The van der Waals surface area contributed by atoms with E-state index in [4.69, 9.17) is 21.3 Å². The van der Waals surface area contributed by atoms with Crippen molar-refractivity contribution in [2.75, 3.05) is 13.8 Å². The number of halogens is 2. The molecule has 2 heterocycles. The van der Waals surface area contributed by atoms with Gasteiger partial charge in [0.15, 0.2) is 4.96 Å². The molecule has 5 aromatic rings. The topological polar surface area (TPSA) is 43.6 Å². The molecule has 2 aromatic heterocycles. The van der Waals surface area contributed by atoms with E-state index in [-0.39, 0.29) is 28.3 Å². The first-order valence-electron chi connectivity index (χ1n) is 10.4. The van der Waals surface area contributed by atoms with E-state index in [0.717, 1.165) is 10.9 Å². The quantitative estimate of drug-likeness (QED) is 0.303. The van der Waals surface area contributed by atoms with E-state index in [9.17, 15) is 4.79 Å². The van der Waals surface area contributed by atoms with Gasteiger partial charge in [0, 0.05) is 11.8 Å². The van der Waals surface area contributed by atoms with Crippen molar-refractivity contribution in [1.82, 2.24) is 9.38 Å². The highest BCUT2D eigenvalue weighted by molar-refractivity contribution is 7.95. The Kier molecular flexibility index (Phi) is 7.25. The zero-order valence-electron chi connectivity index (χ0n) is 18.5. The van der Waals surface area contributed by atoms with Crippen LogP contribution in [0.25, 0.3) is 16.2 Å². The Bertz CT molecular complexity index is 1470. The largest absolute Gasteiger partial charge is 1.00 e. The molecule has 0 N–H and O–H groups in total. The first kappa shape index (κ1) is 24.6. The maximum Gasteiger partial charge on any atom is 0.301 e. The van der Waals surface area contributed by atoms with Crippen LogP contribution >= 0.6 is 30.2 Å². The highest BCUT2D eigenvalue weighted by Gasteiger charge is 2.42. The van der Waals surface area contributed by atoms with Crippen LogP contribution in [0, 0.1) is 0 Å². The predicted molar refractivity (Wildman–Crippen MR) is 141 cm³/mol. The second kappa shape index (κ2) is 10.0. The third-order valence-electron chi connectivity index (χ3n) is 5.85. The number of ether oxygens (including phenoxy) is 1. The number of rotatable bonds is 5. The van der Waals surface area contributed by atoms with Crippen LogP contribution in [-0.4, -0.2) is 23.2 Å². The number of methoxy groups -OCH3 is 1. The lowest BCUT2D eigenvalue weighted by Crippen LogP contribution is -3.00. The number of benzene rings is 3. The molecule has 0 aliphatic rings. The third-order valence-corrected chi connectivity index (χ3v) is 11.0. The van der Waals surface area contributed by atoms with Gasteiger partial charge in [-0.25, -0.2) is 4.98 Å². The van der Waals surface area contributed by atoms with Crippen molar-refractivity contribution >= 4 is 51.1 Å². The maximum atomic E-state index is 13.2. The van der Waals surface area contributed by atoms with Crippen LogP contribution in [0.2, 0.25) is 4.34 Å². The molecule has 0 atom stereocenters. The van der Waals surface area contributed by atoms with Gasteiger partial charge in [0.25, 0.3) is 0 Å². The van der Waals surface area contributed by atoms with E-state index in [1.165, 1.54) is 33.5 Å². The fourth-order valence-corrected chi connectivity index (χ4v) is 8.65. The Balaban J connectivity index is 0.00000274. The SMILES string of the molecule is COc1c(-c2ccccc2[P+](C)(c2ccccc2)c2ccccc2)nc2sc(Cl)cn2c1=O.[Br-]. The van der Waals surface area contributed by atoms with Crippen LogP contribution in [-0.2, 0) is 0 Å². The Labute approximate surface area is 217 Å². The van der Waals surface area contributed by atoms with E-state index >= 15 is 0 Å². The number of aromatic nitrogens is 2. The van der Waals surface area contributed by atoms with E-state index in [0.29, 0.717) is 15.0 Å². The molecule has 4 nitrogen and oxygen atoms in total. The molecular weight excluding hydrogens is 551 g/mol. The lowest BCUT2D eigenvalue weighted by Gasteiger charge is -2.25. The minimum absolute atomic E-state index is 0. The standard InChI is InChI=1S/C26H21ClN2O2PS.BrH/c1-31-24-23(28-26-29(25(24)30)17-22(27)33-26)20-15-9-10-16-21(20)32(2,18-11-5-3-6-12-18)19-13-7-4-8-14-19;/h3-17H,1-2H3;1H/q+1;/p-1. The molecule has 0 aliphatic heterocycles. The van der Waals surface area contributed by atoms with Crippen molar-refractivity contribution in [3.63, 3.8) is 0 Å². The molecule has 3 aromatic carbocycles. The summed E-state index contributed by atoms with van der Waals surface area (Å²) in [7, 11) is -0.550. The van der Waals surface area contributed by atoms with Crippen molar-refractivity contribution in [1.29, 1.82) is 0 Å². The Hall–Kier alpha value is -2.50. The minimum atomic E-state index is -2.06. The van der Waals surface area contributed by atoms with E-state index in [1.807, 2.05) is 30.3 Å². The molecule has 34 heavy (non-hydrogen) atoms. The summed E-state index contributed by atoms with van der Waals surface area (Å²) in [6, 6.07) is 29.3. The van der Waals surface area contributed by atoms with Crippen LogP contribution in [0.3, 0.4) is 0 Å². The van der Waals surface area contributed by atoms with Crippen LogP contribution in [0.4, 0.5) is 0 Å². The van der Waals surface area contributed by atoms with Gasteiger partial charge >= 0.3 is 5.56 Å². The fourth-order valence-electron chi connectivity index (χ4n) is 4.21. The summed E-state index contributed by atoms with van der Waals surface area (Å²) in [5, 5.41) is 3.64. The van der Waals surface area contributed by atoms with E-state index < -0.39 is 7.26 Å². The lowest BCUT2D eigenvalue weighted by atomic mass is 10.1. The number of nitrogens with zero attached hydrogens (tertiary/aromatic N) is 2. The molecule has 0 spiro atoms. The smallest absolute Gasteiger partial charge is 0.301 e. The molecule has 0 amide bonds.